The highest BCUT2D eigenvalue weighted by Crippen LogP contribution is 2.22. The maximum Gasteiger partial charge on any atom is 0.321 e. The maximum atomic E-state index is 14.8. The van der Waals surface area contributed by atoms with Gasteiger partial charge in [0.25, 0.3) is 0 Å². The number of guanidine groups is 1. The second-order valence-electron chi connectivity index (χ2n) is 20.4. The molecule has 82 heavy (non-hydrogen) atoms. The summed E-state index contributed by atoms with van der Waals surface area (Å²) in [6, 6.07) is 13.7. The van der Waals surface area contributed by atoms with E-state index in [1.165, 1.54) is 24.1 Å². The van der Waals surface area contributed by atoms with Gasteiger partial charge in [-0.1, -0.05) is 91.4 Å². The third-order valence-corrected chi connectivity index (χ3v) is 14.2. The molecule has 0 aliphatic carbocycles. The fraction of sp³-hybridized carbons (Fsp3) is 0.456. The molecule has 2 aliphatic rings. The SMILES string of the molecule is CN1C(=O)CNC(=O)[C@H](N[C@@H](Cc2ccc(O)cc2)C(=O)O)CCCC/C=C/C[C@@H](C(=O)N2CCC[C@H]2C(=O)N[C@@H](CCC(N)=O)C(=O)N[C@@H](CCCN=C(N)N)C(=O)N[C@@H](Cc2ccccc2)C(N)=O)NC(=O)[C@@H]1Cc1ccccc1. The lowest BCUT2D eigenvalue weighted by molar-refractivity contribution is -0.144. The number of hydrogen-bond acceptors (Lipinski definition) is 13. The average molecular weight is 1140 g/mol. The number of aliphatic imine (C=N–C) groups is 1. The summed E-state index contributed by atoms with van der Waals surface area (Å²) >= 11 is 0. The molecule has 2 aliphatic heterocycles. The van der Waals surface area contributed by atoms with E-state index < -0.39 is 114 Å². The van der Waals surface area contributed by atoms with E-state index in [4.69, 9.17) is 22.9 Å². The molecule has 0 aromatic heterocycles. The number of carboxylic acids is 1. The number of phenolic OH excluding ortho intramolecular Hbond substituents is 1. The Morgan fingerprint density at radius 2 is 1.34 bits per heavy atom. The van der Waals surface area contributed by atoms with Gasteiger partial charge in [0, 0.05) is 39.4 Å². The monoisotopic (exact) mass is 1140 g/mol. The van der Waals surface area contributed by atoms with Gasteiger partial charge in [0.1, 0.15) is 48.0 Å². The minimum Gasteiger partial charge on any atom is -0.508 e. The minimum atomic E-state index is -1.47. The fourth-order valence-corrected chi connectivity index (χ4v) is 9.61. The minimum absolute atomic E-state index is 0.00462. The highest BCUT2D eigenvalue weighted by molar-refractivity contribution is 5.98. The van der Waals surface area contributed by atoms with Gasteiger partial charge >= 0.3 is 5.97 Å². The smallest absolute Gasteiger partial charge is 0.321 e. The number of primary amides is 2. The van der Waals surface area contributed by atoms with Crippen molar-refractivity contribution in [2.75, 3.05) is 26.7 Å². The van der Waals surface area contributed by atoms with E-state index >= 15 is 0 Å². The van der Waals surface area contributed by atoms with Crippen LogP contribution in [-0.4, -0.2) is 160 Å². The molecule has 25 nitrogen and oxygen atoms in total. The number of aromatic hydroxyl groups is 1. The van der Waals surface area contributed by atoms with Crippen LogP contribution >= 0.6 is 0 Å². The lowest BCUT2D eigenvalue weighted by Crippen LogP contribution is -2.59. The molecule has 1 saturated heterocycles. The number of allylic oxidation sites excluding steroid dienone is 1. The van der Waals surface area contributed by atoms with Gasteiger partial charge in [-0.15, -0.1) is 0 Å². The molecule has 3 aromatic carbocycles. The van der Waals surface area contributed by atoms with Gasteiger partial charge in [-0.3, -0.25) is 58.3 Å². The van der Waals surface area contributed by atoms with E-state index in [0.29, 0.717) is 42.4 Å². The summed E-state index contributed by atoms with van der Waals surface area (Å²) in [6.45, 7) is -0.419. The summed E-state index contributed by atoms with van der Waals surface area (Å²) in [5.74, 6) is -8.15. The normalized spacial score (nSPS) is 20.0. The van der Waals surface area contributed by atoms with Crippen molar-refractivity contribution in [1.82, 2.24) is 41.7 Å². The Morgan fingerprint density at radius 1 is 0.720 bits per heavy atom. The Kier molecular flexibility index (Phi) is 25.3. The molecule has 2 heterocycles. The van der Waals surface area contributed by atoms with Gasteiger partial charge in [0.2, 0.25) is 53.2 Å². The van der Waals surface area contributed by atoms with E-state index in [-0.39, 0.29) is 89.0 Å². The summed E-state index contributed by atoms with van der Waals surface area (Å²) in [5.41, 5.74) is 24.1. The van der Waals surface area contributed by atoms with Gasteiger partial charge in [0.05, 0.1) is 12.6 Å². The third-order valence-electron chi connectivity index (χ3n) is 14.2. The van der Waals surface area contributed by atoms with Crippen molar-refractivity contribution in [2.45, 2.75) is 138 Å². The van der Waals surface area contributed by atoms with Crippen LogP contribution in [-0.2, 0) is 67.2 Å². The summed E-state index contributed by atoms with van der Waals surface area (Å²) in [7, 11) is 1.39. The standard InChI is InChI=1S/C57H77N13O12/c1-69-46(33-36-17-9-6-10-18-36)54(79)67-42(20-12-4-2-3-11-19-39(50(75)63-34-48(69)73)64-44(56(81)82)32-37-23-25-38(71)26-24-37)55(80)70-30-14-22-45(70)53(78)66-41(27-28-47(58)72)52(77)65-40(21-13-29-62-57(60)61)51(76)68-43(49(59)74)31-35-15-7-5-8-16-35/h4-10,12,15-18,23-26,39-46,64,71H,2-3,11,13-14,19-22,27-34H2,1H3,(H2,58,72)(H2,59,74)(H,63,75)(H,65,77)(H,66,78)(H,67,79)(H,68,76)(H,81,82)(H4,60,61,62)/b12-4+/t39-,40+,41+,42+,43+,44+,45+,46+/m1/s1. The molecule has 0 saturated carbocycles. The van der Waals surface area contributed by atoms with Crippen LogP contribution in [0.25, 0.3) is 0 Å². The molecule has 0 unspecified atom stereocenters. The summed E-state index contributed by atoms with van der Waals surface area (Å²) in [6.07, 6.45) is 5.03. The number of rotatable bonds is 24. The number of nitrogens with zero attached hydrogens (tertiary/aromatic N) is 3. The number of nitrogens with one attached hydrogen (secondary N) is 6. The van der Waals surface area contributed by atoms with Gasteiger partial charge in [-0.2, -0.15) is 0 Å². The number of aliphatic carboxylic acids is 1. The van der Waals surface area contributed by atoms with Crippen LogP contribution < -0.4 is 54.8 Å². The summed E-state index contributed by atoms with van der Waals surface area (Å²) < 4.78 is 0. The second-order valence-corrected chi connectivity index (χ2v) is 20.4. The number of amides is 9. The number of hydrogen-bond donors (Lipinski definition) is 12. The fourth-order valence-electron chi connectivity index (χ4n) is 9.61. The van der Waals surface area contributed by atoms with E-state index in [1.54, 1.807) is 84.9 Å². The van der Waals surface area contributed by atoms with Crippen LogP contribution in [0.3, 0.4) is 0 Å². The third kappa shape index (κ3) is 20.7. The van der Waals surface area contributed by atoms with Gasteiger partial charge in [0.15, 0.2) is 5.96 Å². The van der Waals surface area contributed by atoms with Crippen molar-refractivity contribution in [3.05, 3.63) is 114 Å². The predicted molar refractivity (Wildman–Crippen MR) is 302 cm³/mol. The molecule has 25 heteroatoms. The Bertz CT molecular complexity index is 2740. The van der Waals surface area contributed by atoms with Gasteiger partial charge < -0.3 is 69.5 Å². The first kappa shape index (κ1) is 64.0. The highest BCUT2D eigenvalue weighted by Gasteiger charge is 2.40. The Morgan fingerprint density at radius 3 is 1.98 bits per heavy atom. The van der Waals surface area contributed by atoms with Crippen molar-refractivity contribution in [3.63, 3.8) is 0 Å². The van der Waals surface area contributed by atoms with Gasteiger partial charge in [-0.25, -0.2) is 0 Å². The quantitative estimate of drug-likeness (QED) is 0.0222. The topological polar surface area (TPSA) is 406 Å². The number of phenols is 1. The zero-order valence-corrected chi connectivity index (χ0v) is 46.0. The molecular weight excluding hydrogens is 1060 g/mol. The summed E-state index contributed by atoms with van der Waals surface area (Å²) in [4.78, 5) is 143. The molecule has 9 amide bonds. The second kappa shape index (κ2) is 32.4. The molecule has 442 valence electrons. The lowest BCUT2D eigenvalue weighted by Gasteiger charge is -2.32. The molecule has 0 radical (unpaired) electrons. The molecule has 16 N–H and O–H groups in total. The Labute approximate surface area is 475 Å². The first-order valence-corrected chi connectivity index (χ1v) is 27.4. The number of likely N-dealkylation sites (N-methyl/N-ethyl adjacent to an activating group) is 1. The van der Waals surface area contributed by atoms with E-state index in [0.717, 1.165) is 4.90 Å². The van der Waals surface area contributed by atoms with Crippen molar-refractivity contribution in [1.29, 1.82) is 0 Å². The predicted octanol–water partition coefficient (Wildman–Crippen LogP) is -0.970. The zero-order valence-electron chi connectivity index (χ0n) is 46.0. The molecule has 0 bridgehead atoms. The van der Waals surface area contributed by atoms with Crippen LogP contribution in [0.5, 0.6) is 5.75 Å². The first-order chi connectivity index (χ1) is 39.2. The largest absolute Gasteiger partial charge is 0.508 e. The van der Waals surface area contributed by atoms with E-state index in [1.807, 2.05) is 0 Å². The molecule has 8 atom stereocenters. The average Bonchev–Trinajstić information content (AvgIpc) is 3.95. The molecule has 5 rings (SSSR count). The lowest BCUT2D eigenvalue weighted by atomic mass is 10.0. The number of benzene rings is 3. The van der Waals surface area contributed by atoms with Crippen LogP contribution in [0.1, 0.15) is 87.3 Å². The van der Waals surface area contributed by atoms with Crippen LogP contribution in [0.4, 0.5) is 0 Å². The Hall–Kier alpha value is -8.87. The molecule has 3 aromatic rings. The van der Waals surface area contributed by atoms with Crippen molar-refractivity contribution >= 4 is 65.1 Å². The summed E-state index contributed by atoms with van der Waals surface area (Å²) in [5, 5.41) is 36.2. The van der Waals surface area contributed by atoms with Crippen molar-refractivity contribution in [3.8, 4) is 5.75 Å². The first-order valence-electron chi connectivity index (χ1n) is 27.4. The van der Waals surface area contributed by atoms with Crippen LogP contribution in [0.2, 0.25) is 0 Å². The highest BCUT2D eigenvalue weighted by atomic mass is 16.4. The molecule has 1 fully saturated rings. The van der Waals surface area contributed by atoms with Gasteiger partial charge in [-0.05, 0) is 93.0 Å². The number of nitrogens with two attached hydrogens (primary N) is 4. The van der Waals surface area contributed by atoms with E-state index in [9.17, 15) is 58.2 Å². The zero-order chi connectivity index (χ0) is 59.7. The van der Waals surface area contributed by atoms with Crippen molar-refractivity contribution < 1.29 is 58.2 Å². The Balaban J connectivity index is 1.37. The van der Waals surface area contributed by atoms with Crippen LogP contribution in [0.15, 0.2) is 102 Å². The number of carbonyl (C=O) groups is 10. The maximum absolute atomic E-state index is 14.8. The van der Waals surface area contributed by atoms with Crippen molar-refractivity contribution in [2.24, 2.45) is 27.9 Å². The molecular formula is C57H77N13O12. The van der Waals surface area contributed by atoms with Crippen LogP contribution in [0, 0.1) is 0 Å². The number of carbonyl (C=O) groups excluding carboxylic acids is 9. The number of likely N-dealkylation sites (tertiary alicyclic amines) is 1. The molecule has 0 spiro atoms. The van der Waals surface area contributed by atoms with E-state index in [2.05, 4.69) is 36.9 Å². The number of carboxylic acid groups (broad SMARTS) is 1.